The molecular weight excluding hydrogens is 268 g/mol. The van der Waals surface area contributed by atoms with Gasteiger partial charge in [0.25, 0.3) is 6.43 Å². The van der Waals surface area contributed by atoms with Gasteiger partial charge in [0.1, 0.15) is 6.61 Å². The van der Waals surface area contributed by atoms with Crippen molar-refractivity contribution in [3.63, 3.8) is 0 Å². The number of aryl methyl sites for hydroxylation is 2. The molecule has 0 spiro atoms. The van der Waals surface area contributed by atoms with Crippen LogP contribution in [0.5, 0.6) is 0 Å². The summed E-state index contributed by atoms with van der Waals surface area (Å²) in [5, 5.41) is 7.18. The van der Waals surface area contributed by atoms with Gasteiger partial charge in [-0.2, -0.15) is 5.10 Å². The van der Waals surface area contributed by atoms with Crippen LogP contribution in [-0.4, -0.2) is 61.0 Å². The zero-order valence-electron chi connectivity index (χ0n) is 11.9. The summed E-state index contributed by atoms with van der Waals surface area (Å²) < 4.78 is 34.6. The molecule has 0 aromatic carbocycles. The number of rotatable bonds is 6. The minimum atomic E-state index is -2.41. The lowest BCUT2D eigenvalue weighted by atomic mass is 10.0. The summed E-state index contributed by atoms with van der Waals surface area (Å²) >= 11 is 0. The van der Waals surface area contributed by atoms with Gasteiger partial charge in [0.15, 0.2) is 0 Å². The van der Waals surface area contributed by atoms with Crippen molar-refractivity contribution in [1.29, 1.82) is 0 Å². The fourth-order valence-electron chi connectivity index (χ4n) is 2.58. The number of ether oxygens (including phenoxy) is 2. The van der Waals surface area contributed by atoms with E-state index in [2.05, 4.69) is 15.1 Å². The maximum absolute atomic E-state index is 12.0. The van der Waals surface area contributed by atoms with Gasteiger partial charge in [-0.1, -0.05) is 0 Å². The van der Waals surface area contributed by atoms with Crippen LogP contribution in [0.15, 0.2) is 0 Å². The Hall–Kier alpha value is -1.05. The van der Waals surface area contributed by atoms with E-state index in [1.54, 1.807) is 0 Å². The first-order chi connectivity index (χ1) is 9.59. The highest BCUT2D eigenvalue weighted by Gasteiger charge is 2.28. The average Bonchev–Trinajstić information content (AvgIpc) is 2.75. The molecule has 20 heavy (non-hydrogen) atoms. The number of H-pyrrole nitrogens is 1. The van der Waals surface area contributed by atoms with Crippen molar-refractivity contribution < 1.29 is 18.3 Å². The van der Waals surface area contributed by atoms with E-state index in [9.17, 15) is 8.78 Å². The molecule has 1 saturated heterocycles. The fourth-order valence-corrected chi connectivity index (χ4v) is 2.58. The van der Waals surface area contributed by atoms with Gasteiger partial charge in [0, 0.05) is 24.3 Å². The molecule has 2 rings (SSSR count). The summed E-state index contributed by atoms with van der Waals surface area (Å²) in [7, 11) is 0. The molecule has 0 radical (unpaired) electrons. The van der Waals surface area contributed by atoms with Gasteiger partial charge in [-0.25, -0.2) is 8.78 Å². The fraction of sp³-hybridized carbons (Fsp3) is 0.769. The van der Waals surface area contributed by atoms with Gasteiger partial charge >= 0.3 is 0 Å². The topological polar surface area (TPSA) is 50.4 Å². The number of hydrogen-bond acceptors (Lipinski definition) is 4. The summed E-state index contributed by atoms with van der Waals surface area (Å²) in [6, 6.07) is 0.109. The number of nitrogens with one attached hydrogen (secondary N) is 1. The maximum Gasteiger partial charge on any atom is 0.261 e. The zero-order chi connectivity index (χ0) is 14.5. The minimum Gasteiger partial charge on any atom is -0.378 e. The Morgan fingerprint density at radius 2 is 2.30 bits per heavy atom. The van der Waals surface area contributed by atoms with E-state index < -0.39 is 13.0 Å². The van der Waals surface area contributed by atoms with Crippen molar-refractivity contribution in [2.45, 2.75) is 26.3 Å². The number of nitrogens with zero attached hydrogens (tertiary/aromatic N) is 2. The molecule has 7 heteroatoms. The van der Waals surface area contributed by atoms with Crippen LogP contribution >= 0.6 is 0 Å². The van der Waals surface area contributed by atoms with E-state index in [1.165, 1.54) is 0 Å². The normalized spacial score (nSPS) is 20.8. The van der Waals surface area contributed by atoms with Crippen LogP contribution in [0.2, 0.25) is 0 Å². The molecule has 0 saturated carbocycles. The molecule has 1 aliphatic rings. The van der Waals surface area contributed by atoms with Crippen molar-refractivity contribution in [1.82, 2.24) is 15.1 Å². The Morgan fingerprint density at radius 1 is 1.50 bits per heavy atom. The second-order valence-corrected chi connectivity index (χ2v) is 4.94. The van der Waals surface area contributed by atoms with Crippen molar-refractivity contribution >= 4 is 0 Å². The molecule has 2 heterocycles. The second-order valence-electron chi connectivity index (χ2n) is 4.94. The van der Waals surface area contributed by atoms with Gasteiger partial charge < -0.3 is 9.47 Å². The van der Waals surface area contributed by atoms with Crippen LogP contribution in [0.3, 0.4) is 0 Å². The summed E-state index contributed by atoms with van der Waals surface area (Å²) in [6.45, 7) is 6.37. The molecule has 1 aromatic rings. The first-order valence-electron chi connectivity index (χ1n) is 6.78. The third kappa shape index (κ3) is 3.74. The molecule has 114 valence electrons. The third-order valence-electron chi connectivity index (χ3n) is 3.52. The Bertz CT molecular complexity index is 406. The van der Waals surface area contributed by atoms with Crippen LogP contribution in [0, 0.1) is 13.8 Å². The zero-order valence-corrected chi connectivity index (χ0v) is 11.9. The SMILES string of the molecule is Cc1n[nH]c(C)c1C1COCCN1CCOCC(F)F. The number of morpholine rings is 1. The molecule has 1 unspecified atom stereocenters. The molecule has 1 N–H and O–H groups in total. The number of hydrogen-bond donors (Lipinski definition) is 1. The van der Waals surface area contributed by atoms with Gasteiger partial charge in [-0.3, -0.25) is 10.00 Å². The van der Waals surface area contributed by atoms with Crippen molar-refractivity contribution in [2.75, 3.05) is 39.5 Å². The van der Waals surface area contributed by atoms with Crippen molar-refractivity contribution in [3.8, 4) is 0 Å². The summed E-state index contributed by atoms with van der Waals surface area (Å²) in [4.78, 5) is 2.21. The highest BCUT2D eigenvalue weighted by Crippen LogP contribution is 2.27. The van der Waals surface area contributed by atoms with Crippen LogP contribution < -0.4 is 0 Å². The minimum absolute atomic E-state index is 0.109. The summed E-state index contributed by atoms with van der Waals surface area (Å²) in [5.74, 6) is 0. The van der Waals surface area contributed by atoms with E-state index in [-0.39, 0.29) is 6.04 Å². The molecule has 0 aliphatic carbocycles. The second kappa shape index (κ2) is 7.10. The van der Waals surface area contributed by atoms with E-state index in [0.29, 0.717) is 26.4 Å². The lowest BCUT2D eigenvalue weighted by Crippen LogP contribution is -2.41. The first kappa shape index (κ1) is 15.3. The quantitative estimate of drug-likeness (QED) is 0.810. The van der Waals surface area contributed by atoms with Gasteiger partial charge in [-0.05, 0) is 13.8 Å². The number of alkyl halides is 2. The third-order valence-corrected chi connectivity index (χ3v) is 3.52. The molecular formula is C13H21F2N3O2. The average molecular weight is 289 g/mol. The predicted octanol–water partition coefficient (Wildman–Crippen LogP) is 1.68. The summed E-state index contributed by atoms with van der Waals surface area (Å²) in [5.41, 5.74) is 3.12. The van der Waals surface area contributed by atoms with Crippen molar-refractivity contribution in [2.24, 2.45) is 0 Å². The van der Waals surface area contributed by atoms with Crippen molar-refractivity contribution in [3.05, 3.63) is 17.0 Å². The predicted molar refractivity (Wildman–Crippen MR) is 70.0 cm³/mol. The molecule has 1 aliphatic heterocycles. The largest absolute Gasteiger partial charge is 0.378 e. The summed E-state index contributed by atoms with van der Waals surface area (Å²) in [6.07, 6.45) is -2.41. The van der Waals surface area contributed by atoms with E-state index in [4.69, 9.17) is 9.47 Å². The lowest BCUT2D eigenvalue weighted by Gasteiger charge is -2.35. The van der Waals surface area contributed by atoms with Crippen LogP contribution in [0.1, 0.15) is 23.0 Å². The standard InChI is InChI=1S/C13H21F2N3O2/c1-9-13(10(2)17-16-9)11-7-19-5-3-18(11)4-6-20-8-12(14)15/h11-12H,3-8H2,1-2H3,(H,16,17). The molecule has 0 bridgehead atoms. The maximum atomic E-state index is 12.0. The number of aromatic amines is 1. The Kier molecular flexibility index (Phi) is 5.45. The lowest BCUT2D eigenvalue weighted by molar-refractivity contribution is -0.0339. The Labute approximate surface area is 117 Å². The first-order valence-corrected chi connectivity index (χ1v) is 6.78. The monoisotopic (exact) mass is 289 g/mol. The van der Waals surface area contributed by atoms with Crippen LogP contribution in [0.4, 0.5) is 8.78 Å². The molecule has 0 amide bonds. The molecule has 1 aromatic heterocycles. The van der Waals surface area contributed by atoms with Crippen LogP contribution in [0.25, 0.3) is 0 Å². The van der Waals surface area contributed by atoms with Gasteiger partial charge in [0.2, 0.25) is 0 Å². The Balaban J connectivity index is 1.95. The number of aromatic nitrogens is 2. The molecule has 1 fully saturated rings. The smallest absolute Gasteiger partial charge is 0.261 e. The van der Waals surface area contributed by atoms with E-state index in [1.807, 2.05) is 13.8 Å². The Morgan fingerprint density at radius 3 is 2.95 bits per heavy atom. The molecule has 5 nitrogen and oxygen atoms in total. The van der Waals surface area contributed by atoms with Gasteiger partial charge in [-0.15, -0.1) is 0 Å². The van der Waals surface area contributed by atoms with Crippen LogP contribution in [-0.2, 0) is 9.47 Å². The van der Waals surface area contributed by atoms with Gasteiger partial charge in [0.05, 0.1) is 31.6 Å². The highest BCUT2D eigenvalue weighted by molar-refractivity contribution is 5.27. The molecule has 1 atom stereocenters. The van der Waals surface area contributed by atoms with E-state index >= 15 is 0 Å². The highest BCUT2D eigenvalue weighted by atomic mass is 19.3. The number of halogens is 2. The van der Waals surface area contributed by atoms with E-state index in [0.717, 1.165) is 23.5 Å².